The van der Waals surface area contributed by atoms with E-state index in [-0.39, 0.29) is 18.6 Å². The number of aromatic nitrogens is 3. The van der Waals surface area contributed by atoms with Gasteiger partial charge in [-0.1, -0.05) is 0 Å². The Morgan fingerprint density at radius 1 is 1.32 bits per heavy atom. The van der Waals surface area contributed by atoms with Crippen LogP contribution in [0.15, 0.2) is 23.0 Å². The lowest BCUT2D eigenvalue weighted by Gasteiger charge is -2.13. The molecule has 1 unspecified atom stereocenters. The van der Waals surface area contributed by atoms with Crippen molar-refractivity contribution in [1.82, 2.24) is 20.1 Å². The number of nitrogens with zero attached hydrogens (tertiary/aromatic N) is 3. The first kappa shape index (κ1) is 21.3. The molecule has 3 heterocycles. The number of hydrogen-bond donors (Lipinski definition) is 1. The van der Waals surface area contributed by atoms with E-state index >= 15 is 0 Å². The van der Waals surface area contributed by atoms with E-state index in [1.807, 2.05) is 13.0 Å². The van der Waals surface area contributed by atoms with Gasteiger partial charge in [0.05, 0.1) is 30.0 Å². The molecule has 3 aromatic rings. The minimum atomic E-state index is -0.393. The Bertz CT molecular complexity index is 1170. The largest absolute Gasteiger partial charge is 0.493 e. The van der Waals surface area contributed by atoms with Crippen LogP contribution in [0.3, 0.4) is 0 Å². The van der Waals surface area contributed by atoms with E-state index in [2.05, 4.69) is 15.4 Å². The Kier molecular flexibility index (Phi) is 6.19. The molecule has 2 aromatic heterocycles. The number of carbonyl (C=O) groups excluding carboxylic acids is 1. The zero-order valence-electron chi connectivity index (χ0n) is 17.6. The summed E-state index contributed by atoms with van der Waals surface area (Å²) in [4.78, 5) is 29.8. The number of thiazole rings is 1. The molecule has 4 rings (SSSR count). The molecule has 1 N–H and O–H groups in total. The molecular formula is C21H24N4O5S. The van der Waals surface area contributed by atoms with E-state index in [0.717, 1.165) is 30.0 Å². The van der Waals surface area contributed by atoms with Crippen LogP contribution in [0, 0.1) is 6.92 Å². The molecule has 164 valence electrons. The molecule has 1 aliphatic heterocycles. The molecule has 0 bridgehead atoms. The zero-order chi connectivity index (χ0) is 22.0. The van der Waals surface area contributed by atoms with Gasteiger partial charge in [-0.3, -0.25) is 9.59 Å². The van der Waals surface area contributed by atoms with Gasteiger partial charge in [-0.15, -0.1) is 11.3 Å². The molecule has 9 nitrogen and oxygen atoms in total. The average Bonchev–Trinajstić information content (AvgIpc) is 3.43. The van der Waals surface area contributed by atoms with Crippen LogP contribution in [-0.2, 0) is 16.1 Å². The number of nitrogens with one attached hydrogen (secondary N) is 1. The molecule has 1 aromatic carbocycles. The topological polar surface area (TPSA) is 105 Å². The molecule has 31 heavy (non-hydrogen) atoms. The van der Waals surface area contributed by atoms with Crippen LogP contribution in [0.25, 0.3) is 21.5 Å². The van der Waals surface area contributed by atoms with Gasteiger partial charge in [0, 0.05) is 18.7 Å². The molecule has 0 saturated carbocycles. The summed E-state index contributed by atoms with van der Waals surface area (Å²) in [6.07, 6.45) is 1.95. The normalized spacial score (nSPS) is 15.9. The number of rotatable bonds is 7. The van der Waals surface area contributed by atoms with E-state index < -0.39 is 5.56 Å². The van der Waals surface area contributed by atoms with Gasteiger partial charge >= 0.3 is 0 Å². The molecule has 1 atom stereocenters. The molecule has 1 fully saturated rings. The van der Waals surface area contributed by atoms with Crippen molar-refractivity contribution in [2.75, 3.05) is 27.4 Å². The monoisotopic (exact) mass is 444 g/mol. The van der Waals surface area contributed by atoms with Gasteiger partial charge in [0.1, 0.15) is 12.2 Å². The lowest BCUT2D eigenvalue weighted by atomic mass is 10.1. The van der Waals surface area contributed by atoms with Crippen molar-refractivity contribution >= 4 is 27.5 Å². The first-order chi connectivity index (χ1) is 15.0. The summed E-state index contributed by atoms with van der Waals surface area (Å²) in [5.74, 6) is 0.836. The van der Waals surface area contributed by atoms with Gasteiger partial charge in [-0.2, -0.15) is 5.10 Å². The highest BCUT2D eigenvalue weighted by atomic mass is 32.1. The quantitative estimate of drug-likeness (QED) is 0.595. The Balaban J connectivity index is 1.69. The molecule has 10 heteroatoms. The van der Waals surface area contributed by atoms with Crippen LogP contribution in [-0.4, -0.2) is 54.1 Å². The summed E-state index contributed by atoms with van der Waals surface area (Å²) in [5, 5.41) is 8.10. The predicted octanol–water partition coefficient (Wildman–Crippen LogP) is 2.14. The molecule has 0 spiro atoms. The molecule has 1 saturated heterocycles. The standard InChI is InChI=1S/C21H24N4O5S/c1-12-23-19-20(31-12)18(13-6-7-15(28-2)16(9-13)29-3)24-25(21(19)27)11-17(26)22-10-14-5-4-8-30-14/h6-7,9,14H,4-5,8,10-11H2,1-3H3,(H,22,26). The van der Waals surface area contributed by atoms with E-state index in [9.17, 15) is 9.59 Å². The maximum Gasteiger partial charge on any atom is 0.294 e. The summed E-state index contributed by atoms with van der Waals surface area (Å²) in [5.41, 5.74) is 1.21. The van der Waals surface area contributed by atoms with Gasteiger partial charge < -0.3 is 19.5 Å². The highest BCUT2D eigenvalue weighted by Gasteiger charge is 2.20. The zero-order valence-corrected chi connectivity index (χ0v) is 18.5. The van der Waals surface area contributed by atoms with Crippen molar-refractivity contribution < 1.29 is 19.0 Å². The lowest BCUT2D eigenvalue weighted by Crippen LogP contribution is -2.37. The third kappa shape index (κ3) is 4.40. The molecule has 0 radical (unpaired) electrons. The Morgan fingerprint density at radius 2 is 2.13 bits per heavy atom. The second-order valence-electron chi connectivity index (χ2n) is 7.23. The van der Waals surface area contributed by atoms with Gasteiger partial charge in [0.2, 0.25) is 5.91 Å². The Labute approximate surface area is 183 Å². The Hall–Kier alpha value is -2.98. The molecule has 1 aliphatic rings. The summed E-state index contributed by atoms with van der Waals surface area (Å²) >= 11 is 1.39. The van der Waals surface area contributed by atoms with E-state index in [1.54, 1.807) is 26.4 Å². The summed E-state index contributed by atoms with van der Waals surface area (Å²) in [6.45, 7) is 2.78. The fraction of sp³-hybridized carbons (Fsp3) is 0.429. The predicted molar refractivity (Wildman–Crippen MR) is 117 cm³/mol. The van der Waals surface area contributed by atoms with Crippen LogP contribution in [0.5, 0.6) is 11.5 Å². The van der Waals surface area contributed by atoms with Crippen molar-refractivity contribution in [3.63, 3.8) is 0 Å². The van der Waals surface area contributed by atoms with Crippen LogP contribution >= 0.6 is 11.3 Å². The fourth-order valence-corrected chi connectivity index (χ4v) is 4.49. The summed E-state index contributed by atoms with van der Waals surface area (Å²) in [6, 6.07) is 5.41. The van der Waals surface area contributed by atoms with Gasteiger partial charge in [0.25, 0.3) is 5.56 Å². The number of carbonyl (C=O) groups is 1. The number of methoxy groups -OCH3 is 2. The third-order valence-electron chi connectivity index (χ3n) is 5.11. The van der Waals surface area contributed by atoms with Gasteiger partial charge in [-0.25, -0.2) is 9.67 Å². The first-order valence-electron chi connectivity index (χ1n) is 9.99. The number of fused-ring (bicyclic) bond motifs is 1. The molecular weight excluding hydrogens is 420 g/mol. The number of aryl methyl sites for hydroxylation is 1. The number of benzene rings is 1. The van der Waals surface area contributed by atoms with Gasteiger partial charge in [0.15, 0.2) is 17.0 Å². The summed E-state index contributed by atoms with van der Waals surface area (Å²) < 4.78 is 18.1. The number of amides is 1. The van der Waals surface area contributed by atoms with E-state index in [4.69, 9.17) is 14.2 Å². The second kappa shape index (κ2) is 9.03. The van der Waals surface area contributed by atoms with Crippen molar-refractivity contribution in [1.29, 1.82) is 0 Å². The molecule has 1 amide bonds. The first-order valence-corrected chi connectivity index (χ1v) is 10.8. The highest BCUT2D eigenvalue weighted by Crippen LogP contribution is 2.35. The van der Waals surface area contributed by atoms with Gasteiger partial charge in [-0.05, 0) is 38.0 Å². The van der Waals surface area contributed by atoms with Crippen LogP contribution in [0.1, 0.15) is 17.8 Å². The SMILES string of the molecule is COc1ccc(-c2nn(CC(=O)NCC3CCCO3)c(=O)c3nc(C)sc23)cc1OC. The molecule has 0 aliphatic carbocycles. The van der Waals surface area contributed by atoms with Crippen molar-refractivity contribution in [2.24, 2.45) is 0 Å². The third-order valence-corrected chi connectivity index (χ3v) is 6.09. The summed E-state index contributed by atoms with van der Waals surface area (Å²) in [7, 11) is 3.12. The lowest BCUT2D eigenvalue weighted by molar-refractivity contribution is -0.122. The number of ether oxygens (including phenoxy) is 3. The smallest absolute Gasteiger partial charge is 0.294 e. The van der Waals surface area contributed by atoms with Crippen LogP contribution in [0.4, 0.5) is 0 Å². The van der Waals surface area contributed by atoms with Crippen LogP contribution < -0.4 is 20.3 Å². The highest BCUT2D eigenvalue weighted by molar-refractivity contribution is 7.19. The minimum absolute atomic E-state index is 0.0274. The average molecular weight is 445 g/mol. The maximum absolute atomic E-state index is 12.9. The van der Waals surface area contributed by atoms with E-state index in [0.29, 0.717) is 34.0 Å². The van der Waals surface area contributed by atoms with Crippen molar-refractivity contribution in [3.05, 3.63) is 33.6 Å². The Morgan fingerprint density at radius 3 is 2.84 bits per heavy atom. The second-order valence-corrected chi connectivity index (χ2v) is 8.43. The van der Waals surface area contributed by atoms with Crippen molar-refractivity contribution in [3.8, 4) is 22.8 Å². The van der Waals surface area contributed by atoms with Crippen molar-refractivity contribution in [2.45, 2.75) is 32.4 Å². The van der Waals surface area contributed by atoms with Crippen LogP contribution in [0.2, 0.25) is 0 Å². The fourth-order valence-electron chi connectivity index (χ4n) is 3.57. The maximum atomic E-state index is 12.9. The minimum Gasteiger partial charge on any atom is -0.493 e. The van der Waals surface area contributed by atoms with E-state index in [1.165, 1.54) is 16.0 Å². The number of hydrogen-bond acceptors (Lipinski definition) is 8.